The third-order valence-electron chi connectivity index (χ3n) is 2.67. The Hall–Kier alpha value is -2.32. The molecule has 0 N–H and O–H groups in total. The average molecular weight is 437 g/mol. The highest BCUT2D eigenvalue weighted by Gasteiger charge is 2.48. The van der Waals surface area contributed by atoms with Crippen LogP contribution < -0.4 is 8.92 Å². The Labute approximate surface area is 149 Å². The van der Waals surface area contributed by atoms with Crippen molar-refractivity contribution < 1.29 is 30.5 Å². The minimum absolute atomic E-state index is 0.0179. The lowest BCUT2D eigenvalue weighted by atomic mass is 10.2. The number of alkyl halides is 3. The van der Waals surface area contributed by atoms with Crippen molar-refractivity contribution >= 4 is 26.0 Å². The van der Waals surface area contributed by atoms with Crippen LogP contribution in [0.15, 0.2) is 34.8 Å². The summed E-state index contributed by atoms with van der Waals surface area (Å²) >= 11 is 3.20. The van der Waals surface area contributed by atoms with Gasteiger partial charge in [-0.05, 0) is 41.1 Å². The molecule has 0 atom stereocenters. The van der Waals surface area contributed by atoms with Gasteiger partial charge in [-0.15, -0.1) is 0 Å². The van der Waals surface area contributed by atoms with Gasteiger partial charge in [0, 0.05) is 17.8 Å². The molecule has 11 heteroatoms. The van der Waals surface area contributed by atoms with Crippen molar-refractivity contribution in [1.29, 1.82) is 5.26 Å². The summed E-state index contributed by atoms with van der Waals surface area (Å²) in [7, 11) is -5.85. The Bertz CT molecular complexity index is 956. The summed E-state index contributed by atoms with van der Waals surface area (Å²) < 4.78 is 69.3. The molecule has 0 bridgehead atoms. The number of halogens is 4. The van der Waals surface area contributed by atoms with Gasteiger partial charge >= 0.3 is 15.6 Å². The fourth-order valence-corrected chi connectivity index (χ4v) is 2.38. The van der Waals surface area contributed by atoms with E-state index in [0.717, 1.165) is 6.07 Å². The Morgan fingerprint density at radius 3 is 2.52 bits per heavy atom. The molecular formula is C14H8BrF3N2O4S. The molecule has 1 aromatic carbocycles. The minimum atomic E-state index is -5.85. The fourth-order valence-electron chi connectivity index (χ4n) is 1.65. The molecule has 2 rings (SSSR count). The van der Waals surface area contributed by atoms with Gasteiger partial charge in [-0.1, -0.05) is 0 Å². The molecule has 6 nitrogen and oxygen atoms in total. The summed E-state index contributed by atoms with van der Waals surface area (Å²) in [5, 5.41) is 8.89. The highest BCUT2D eigenvalue weighted by molar-refractivity contribution is 9.10. The van der Waals surface area contributed by atoms with Crippen molar-refractivity contribution in [1.82, 2.24) is 4.98 Å². The van der Waals surface area contributed by atoms with Crippen LogP contribution in [0.25, 0.3) is 0 Å². The fraction of sp³-hybridized carbons (Fsp3) is 0.143. The Morgan fingerprint density at radius 2 is 1.92 bits per heavy atom. The summed E-state index contributed by atoms with van der Waals surface area (Å²) in [6.07, 6.45) is 0. The first-order valence-corrected chi connectivity index (χ1v) is 8.59. The van der Waals surface area contributed by atoms with E-state index in [9.17, 15) is 21.6 Å². The third kappa shape index (κ3) is 4.61. The third-order valence-corrected chi connectivity index (χ3v) is 4.28. The molecule has 1 heterocycles. The van der Waals surface area contributed by atoms with Crippen molar-refractivity contribution in [3.8, 4) is 23.4 Å². The molecule has 132 valence electrons. The number of nitriles is 1. The lowest BCUT2D eigenvalue weighted by molar-refractivity contribution is -0.0501. The maximum absolute atomic E-state index is 12.4. The van der Waals surface area contributed by atoms with E-state index >= 15 is 0 Å². The summed E-state index contributed by atoms with van der Waals surface area (Å²) in [6.45, 7) is 1.42. The van der Waals surface area contributed by atoms with Crippen molar-refractivity contribution in [2.75, 3.05) is 0 Å². The largest absolute Gasteiger partial charge is 0.534 e. The highest BCUT2D eigenvalue weighted by atomic mass is 79.9. The number of hydrogen-bond acceptors (Lipinski definition) is 6. The van der Waals surface area contributed by atoms with Crippen LogP contribution in [0.4, 0.5) is 13.2 Å². The van der Waals surface area contributed by atoms with Crippen molar-refractivity contribution in [2.24, 2.45) is 0 Å². The monoisotopic (exact) mass is 436 g/mol. The number of hydrogen-bond donors (Lipinski definition) is 0. The first-order valence-electron chi connectivity index (χ1n) is 6.39. The molecule has 0 aliphatic carbocycles. The van der Waals surface area contributed by atoms with Crippen molar-refractivity contribution in [3.05, 3.63) is 46.1 Å². The lowest BCUT2D eigenvalue weighted by Crippen LogP contribution is -2.28. The maximum atomic E-state index is 12.4. The molecule has 0 aliphatic heterocycles. The average Bonchev–Trinajstić information content (AvgIpc) is 2.47. The van der Waals surface area contributed by atoms with Gasteiger partial charge in [-0.3, -0.25) is 0 Å². The van der Waals surface area contributed by atoms with E-state index < -0.39 is 21.5 Å². The number of ether oxygens (including phenoxy) is 1. The van der Waals surface area contributed by atoms with E-state index in [2.05, 4.69) is 25.1 Å². The van der Waals surface area contributed by atoms with Crippen molar-refractivity contribution in [3.63, 3.8) is 0 Å². The molecule has 0 spiro atoms. The second-order valence-corrected chi connectivity index (χ2v) is 7.02. The van der Waals surface area contributed by atoms with E-state index in [1.807, 2.05) is 6.07 Å². The predicted octanol–water partition coefficient (Wildman–Crippen LogP) is 4.04. The van der Waals surface area contributed by atoms with E-state index in [0.29, 0.717) is 10.0 Å². The Kier molecular flexibility index (Phi) is 5.24. The molecule has 0 aliphatic rings. The normalized spacial score (nSPS) is 11.7. The zero-order chi connectivity index (χ0) is 18.8. The van der Waals surface area contributed by atoms with Crippen LogP contribution in [0.1, 0.15) is 11.3 Å². The van der Waals surface area contributed by atoms with Gasteiger partial charge in [0.25, 0.3) is 0 Å². The summed E-state index contributed by atoms with van der Waals surface area (Å²) in [5.74, 6) is -0.607. The van der Waals surface area contributed by atoms with E-state index in [1.54, 1.807) is 6.07 Å². The van der Waals surface area contributed by atoms with Gasteiger partial charge in [0.15, 0.2) is 0 Å². The highest BCUT2D eigenvalue weighted by Crippen LogP contribution is 2.33. The number of pyridine rings is 1. The first kappa shape index (κ1) is 19.0. The molecule has 0 saturated carbocycles. The number of aromatic nitrogens is 1. The first-order chi connectivity index (χ1) is 11.5. The molecule has 0 unspecified atom stereocenters. The van der Waals surface area contributed by atoms with Crippen LogP contribution in [0.2, 0.25) is 0 Å². The SMILES string of the molecule is Cc1cc(Oc2cc(C#N)ccc2Br)cc(OS(=O)(=O)C(F)(F)F)n1. The van der Waals surface area contributed by atoms with E-state index in [-0.39, 0.29) is 17.2 Å². The second-order valence-electron chi connectivity index (χ2n) is 4.62. The molecular weight excluding hydrogens is 429 g/mol. The summed E-state index contributed by atoms with van der Waals surface area (Å²) in [6, 6.07) is 8.63. The zero-order valence-corrected chi connectivity index (χ0v) is 14.7. The Balaban J connectivity index is 2.36. The molecule has 1 aromatic heterocycles. The number of rotatable bonds is 4. The van der Waals surface area contributed by atoms with E-state index in [4.69, 9.17) is 10.00 Å². The van der Waals surface area contributed by atoms with Crippen LogP contribution in [0.5, 0.6) is 17.4 Å². The van der Waals surface area contributed by atoms with Gasteiger partial charge in [0.2, 0.25) is 5.88 Å². The summed E-state index contributed by atoms with van der Waals surface area (Å²) in [4.78, 5) is 3.58. The topological polar surface area (TPSA) is 89.3 Å². The van der Waals surface area contributed by atoms with E-state index in [1.165, 1.54) is 25.1 Å². The van der Waals surface area contributed by atoms with Crippen LogP contribution >= 0.6 is 15.9 Å². The smallest absolute Gasteiger partial charge is 0.456 e. The van der Waals surface area contributed by atoms with Gasteiger partial charge in [0.05, 0.1) is 16.1 Å². The second kappa shape index (κ2) is 6.89. The lowest BCUT2D eigenvalue weighted by Gasteiger charge is -2.12. The molecule has 0 radical (unpaired) electrons. The molecule has 2 aromatic rings. The quantitative estimate of drug-likeness (QED) is 0.530. The number of nitrogens with zero attached hydrogens (tertiary/aromatic N) is 2. The van der Waals surface area contributed by atoms with Crippen LogP contribution in [-0.4, -0.2) is 18.9 Å². The minimum Gasteiger partial charge on any atom is -0.456 e. The van der Waals surface area contributed by atoms with Crippen LogP contribution in [0, 0.1) is 18.3 Å². The predicted molar refractivity (Wildman–Crippen MR) is 83.5 cm³/mol. The van der Waals surface area contributed by atoms with Crippen LogP contribution in [0.3, 0.4) is 0 Å². The number of aryl methyl sites for hydroxylation is 1. The summed E-state index contributed by atoms with van der Waals surface area (Å²) in [5.41, 5.74) is -5.12. The molecule has 0 amide bonds. The molecule has 0 saturated heterocycles. The van der Waals surface area contributed by atoms with Gasteiger partial charge in [0.1, 0.15) is 11.5 Å². The van der Waals surface area contributed by atoms with Gasteiger partial charge in [-0.25, -0.2) is 4.98 Å². The molecule has 25 heavy (non-hydrogen) atoms. The molecule has 0 fully saturated rings. The van der Waals surface area contributed by atoms with Crippen LogP contribution in [-0.2, 0) is 10.1 Å². The van der Waals surface area contributed by atoms with Crippen molar-refractivity contribution in [2.45, 2.75) is 12.4 Å². The zero-order valence-electron chi connectivity index (χ0n) is 12.3. The Morgan fingerprint density at radius 1 is 1.24 bits per heavy atom. The van der Waals surface area contributed by atoms with Gasteiger partial charge < -0.3 is 8.92 Å². The maximum Gasteiger partial charge on any atom is 0.534 e. The van der Waals surface area contributed by atoms with Gasteiger partial charge in [-0.2, -0.15) is 26.9 Å². The number of benzene rings is 1. The standard InChI is InChI=1S/C14H8BrF3N2O4S/c1-8-4-10(23-12-5-9(7-19)2-3-11(12)15)6-13(20-8)24-25(21,22)14(16,17)18/h2-6H,1H3.